The van der Waals surface area contributed by atoms with Crippen LogP contribution in [0.3, 0.4) is 0 Å². The Bertz CT molecular complexity index is 815. The highest BCUT2D eigenvalue weighted by Crippen LogP contribution is 2.18. The van der Waals surface area contributed by atoms with Crippen LogP contribution in [0.15, 0.2) is 41.6 Å². The van der Waals surface area contributed by atoms with Gasteiger partial charge in [0.15, 0.2) is 0 Å². The molecule has 0 spiro atoms. The molecule has 0 bridgehead atoms. The topological polar surface area (TPSA) is 97.0 Å². The lowest BCUT2D eigenvalue weighted by atomic mass is 10.2. The maximum atomic E-state index is 12.3. The van der Waals surface area contributed by atoms with Crippen LogP contribution in [0.25, 0.3) is 0 Å². The summed E-state index contributed by atoms with van der Waals surface area (Å²) in [7, 11) is -3.70. The van der Waals surface area contributed by atoms with Gasteiger partial charge in [-0.2, -0.15) is 10.4 Å². The Labute approximate surface area is 134 Å². The second-order valence-electron chi connectivity index (χ2n) is 5.33. The van der Waals surface area contributed by atoms with Crippen LogP contribution in [-0.4, -0.2) is 30.9 Å². The van der Waals surface area contributed by atoms with Gasteiger partial charge in [0.25, 0.3) is 10.0 Å². The second-order valence-corrected chi connectivity index (χ2v) is 7.01. The molecule has 8 heteroatoms. The van der Waals surface area contributed by atoms with Crippen molar-refractivity contribution in [1.29, 1.82) is 5.26 Å². The van der Waals surface area contributed by atoms with Crippen molar-refractivity contribution < 1.29 is 13.2 Å². The van der Waals surface area contributed by atoms with Gasteiger partial charge in [-0.05, 0) is 37.1 Å². The lowest BCUT2D eigenvalue weighted by Gasteiger charge is -2.08. The number of nitrogens with zero attached hydrogens (tertiary/aromatic N) is 3. The van der Waals surface area contributed by atoms with Crippen molar-refractivity contribution in [2.24, 2.45) is 0 Å². The molecule has 1 saturated heterocycles. The lowest BCUT2D eigenvalue weighted by Crippen LogP contribution is -2.15. The Morgan fingerprint density at radius 1 is 1.39 bits per heavy atom. The van der Waals surface area contributed by atoms with Gasteiger partial charge in [0.2, 0.25) is 0 Å². The third kappa shape index (κ3) is 3.70. The predicted octanol–water partition coefficient (Wildman–Crippen LogP) is 1.73. The number of rotatable bonds is 5. The van der Waals surface area contributed by atoms with Crippen molar-refractivity contribution in [3.05, 3.63) is 42.2 Å². The maximum absolute atomic E-state index is 12.3. The van der Waals surface area contributed by atoms with E-state index in [1.807, 2.05) is 6.07 Å². The molecule has 1 unspecified atom stereocenters. The van der Waals surface area contributed by atoms with Crippen molar-refractivity contribution >= 4 is 15.7 Å². The number of hydrogen-bond donors (Lipinski definition) is 1. The highest BCUT2D eigenvalue weighted by molar-refractivity contribution is 7.92. The first-order valence-electron chi connectivity index (χ1n) is 7.24. The molecule has 1 aromatic heterocycles. The molecule has 1 N–H and O–H groups in total. The van der Waals surface area contributed by atoms with Gasteiger partial charge in [0, 0.05) is 12.8 Å². The fourth-order valence-corrected chi connectivity index (χ4v) is 3.46. The largest absolute Gasteiger partial charge is 0.376 e. The highest BCUT2D eigenvalue weighted by Gasteiger charge is 2.18. The van der Waals surface area contributed by atoms with Crippen molar-refractivity contribution in [2.75, 3.05) is 11.3 Å². The molecule has 2 heterocycles. The van der Waals surface area contributed by atoms with Crippen LogP contribution in [0, 0.1) is 11.3 Å². The van der Waals surface area contributed by atoms with Crippen LogP contribution >= 0.6 is 0 Å². The van der Waals surface area contributed by atoms with Gasteiger partial charge in [0.05, 0.1) is 41.1 Å². The molecule has 23 heavy (non-hydrogen) atoms. The summed E-state index contributed by atoms with van der Waals surface area (Å²) < 4.78 is 34.3. The van der Waals surface area contributed by atoms with E-state index in [4.69, 9.17) is 10.00 Å². The molecule has 3 rings (SSSR count). The van der Waals surface area contributed by atoms with Gasteiger partial charge < -0.3 is 4.74 Å². The Balaban J connectivity index is 1.70. The summed E-state index contributed by atoms with van der Waals surface area (Å²) in [5, 5.41) is 12.9. The van der Waals surface area contributed by atoms with E-state index < -0.39 is 10.0 Å². The lowest BCUT2D eigenvalue weighted by molar-refractivity contribution is 0.0940. The van der Waals surface area contributed by atoms with Gasteiger partial charge in [-0.15, -0.1) is 0 Å². The number of nitrogens with one attached hydrogen (secondary N) is 1. The van der Waals surface area contributed by atoms with Crippen LogP contribution in [0.5, 0.6) is 0 Å². The number of aromatic nitrogens is 2. The van der Waals surface area contributed by atoms with Gasteiger partial charge in [0.1, 0.15) is 0 Å². The van der Waals surface area contributed by atoms with Crippen LogP contribution in [0.4, 0.5) is 5.69 Å². The molecule has 1 aromatic carbocycles. The molecule has 0 amide bonds. The zero-order chi connectivity index (χ0) is 16.3. The first-order valence-corrected chi connectivity index (χ1v) is 8.72. The molecule has 7 nitrogen and oxygen atoms in total. The standard InChI is InChI=1S/C15H16N4O3S/c16-8-12-3-5-15(6-4-12)23(20,21)18-13-9-17-19(10-13)11-14-2-1-7-22-14/h3-6,9-10,14,18H,1-2,7,11H2. The molecular weight excluding hydrogens is 316 g/mol. The molecule has 0 aliphatic carbocycles. The molecule has 1 aliphatic rings. The molecule has 0 saturated carbocycles. The SMILES string of the molecule is N#Cc1ccc(S(=O)(=O)Nc2cnn(CC3CCCO3)c2)cc1. The normalized spacial score (nSPS) is 17.8. The van der Waals surface area contributed by atoms with Crippen molar-refractivity contribution in [3.63, 3.8) is 0 Å². The molecular formula is C15H16N4O3S. The summed E-state index contributed by atoms with van der Waals surface area (Å²) in [5.41, 5.74) is 0.806. The molecule has 120 valence electrons. The predicted molar refractivity (Wildman–Crippen MR) is 83.2 cm³/mol. The van der Waals surface area contributed by atoms with Gasteiger partial charge in [-0.3, -0.25) is 9.40 Å². The van der Waals surface area contributed by atoms with Gasteiger partial charge >= 0.3 is 0 Å². The summed E-state index contributed by atoms with van der Waals surface area (Å²) in [5.74, 6) is 0. The van der Waals surface area contributed by atoms with E-state index in [1.54, 1.807) is 10.9 Å². The highest BCUT2D eigenvalue weighted by atomic mass is 32.2. The van der Waals surface area contributed by atoms with Gasteiger partial charge in [-0.25, -0.2) is 8.42 Å². The number of anilines is 1. The quantitative estimate of drug-likeness (QED) is 0.899. The minimum atomic E-state index is -3.70. The average Bonchev–Trinajstić information content (AvgIpc) is 3.20. The Morgan fingerprint density at radius 2 is 2.17 bits per heavy atom. The Morgan fingerprint density at radius 3 is 2.83 bits per heavy atom. The third-order valence-corrected chi connectivity index (χ3v) is 4.99. The van der Waals surface area contributed by atoms with Crippen LogP contribution in [-0.2, 0) is 21.3 Å². The minimum absolute atomic E-state index is 0.100. The van der Waals surface area contributed by atoms with Crippen LogP contribution in [0.1, 0.15) is 18.4 Å². The van der Waals surface area contributed by atoms with E-state index >= 15 is 0 Å². The molecule has 1 aliphatic heterocycles. The number of nitriles is 1. The van der Waals surface area contributed by atoms with E-state index in [0.29, 0.717) is 17.8 Å². The fraction of sp³-hybridized carbons (Fsp3) is 0.333. The van der Waals surface area contributed by atoms with E-state index in [9.17, 15) is 8.42 Å². The number of ether oxygens (including phenoxy) is 1. The van der Waals surface area contributed by atoms with E-state index in [-0.39, 0.29) is 11.0 Å². The maximum Gasteiger partial charge on any atom is 0.261 e. The minimum Gasteiger partial charge on any atom is -0.376 e. The zero-order valence-electron chi connectivity index (χ0n) is 12.3. The summed E-state index contributed by atoms with van der Waals surface area (Å²) >= 11 is 0. The summed E-state index contributed by atoms with van der Waals surface area (Å²) in [4.78, 5) is 0.100. The number of sulfonamides is 1. The van der Waals surface area contributed by atoms with E-state index in [2.05, 4.69) is 9.82 Å². The molecule has 1 atom stereocenters. The molecule has 0 radical (unpaired) electrons. The molecule has 2 aromatic rings. The number of benzene rings is 1. The zero-order valence-corrected chi connectivity index (χ0v) is 13.2. The average molecular weight is 332 g/mol. The van der Waals surface area contributed by atoms with Crippen molar-refractivity contribution in [1.82, 2.24) is 9.78 Å². The number of hydrogen-bond acceptors (Lipinski definition) is 5. The van der Waals surface area contributed by atoms with Crippen LogP contribution < -0.4 is 4.72 Å². The fourth-order valence-electron chi connectivity index (χ4n) is 2.44. The smallest absolute Gasteiger partial charge is 0.261 e. The first-order chi connectivity index (χ1) is 11.1. The first kappa shape index (κ1) is 15.5. The van der Waals surface area contributed by atoms with Crippen molar-refractivity contribution in [3.8, 4) is 6.07 Å². The summed E-state index contributed by atoms with van der Waals surface area (Å²) in [6.07, 6.45) is 5.29. The Hall–Kier alpha value is -2.37. The second kappa shape index (κ2) is 6.40. The monoisotopic (exact) mass is 332 g/mol. The van der Waals surface area contributed by atoms with Crippen molar-refractivity contribution in [2.45, 2.75) is 30.4 Å². The molecule has 1 fully saturated rings. The third-order valence-electron chi connectivity index (χ3n) is 3.59. The Kier molecular flexibility index (Phi) is 4.32. The summed E-state index contributed by atoms with van der Waals surface area (Å²) in [6.45, 7) is 1.38. The van der Waals surface area contributed by atoms with E-state index in [1.165, 1.54) is 30.5 Å². The van der Waals surface area contributed by atoms with E-state index in [0.717, 1.165) is 19.4 Å². The van der Waals surface area contributed by atoms with Gasteiger partial charge in [-0.1, -0.05) is 0 Å². The van der Waals surface area contributed by atoms with Crippen LogP contribution in [0.2, 0.25) is 0 Å². The summed E-state index contributed by atoms with van der Waals surface area (Å²) in [6, 6.07) is 7.69.